The quantitative estimate of drug-likeness (QED) is 0.552. The summed E-state index contributed by atoms with van der Waals surface area (Å²) in [5, 5.41) is 11.6. The maximum Gasteiger partial charge on any atom is 0.146 e. The number of hydrogen-bond acceptors (Lipinski definition) is 2. The molecule has 0 spiro atoms. The maximum absolute atomic E-state index is 13.7. The van der Waals surface area contributed by atoms with Crippen molar-refractivity contribution in [2.24, 2.45) is 0 Å². The number of halogens is 1. The van der Waals surface area contributed by atoms with Crippen LogP contribution in [-0.4, -0.2) is 10.2 Å². The van der Waals surface area contributed by atoms with Crippen LogP contribution in [0.1, 0.15) is 0 Å². The Morgan fingerprint density at radius 1 is 0.870 bits per heavy atom. The van der Waals surface area contributed by atoms with E-state index >= 15 is 0 Å². The van der Waals surface area contributed by atoms with Gasteiger partial charge in [-0.1, -0.05) is 42.5 Å². The van der Waals surface area contributed by atoms with Gasteiger partial charge < -0.3 is 5.32 Å². The Morgan fingerprint density at radius 2 is 1.65 bits per heavy atom. The van der Waals surface area contributed by atoms with Crippen molar-refractivity contribution in [1.29, 1.82) is 0 Å². The predicted molar refractivity (Wildman–Crippen MR) is 91.2 cm³/mol. The average molecular weight is 303 g/mol. The lowest BCUT2D eigenvalue weighted by molar-refractivity contribution is 0.632. The number of nitrogens with zero attached hydrogens (tertiary/aromatic N) is 1. The van der Waals surface area contributed by atoms with Crippen molar-refractivity contribution in [1.82, 2.24) is 10.2 Å². The first-order valence-electron chi connectivity index (χ1n) is 7.36. The van der Waals surface area contributed by atoms with Crippen LogP contribution in [0.2, 0.25) is 0 Å². The summed E-state index contributed by atoms with van der Waals surface area (Å²) < 4.78 is 13.7. The van der Waals surface area contributed by atoms with Gasteiger partial charge in [0.05, 0.1) is 16.9 Å². The standard InChI is InChI=1S/C19H14FN3/c20-16-8-4-5-9-17(16)21-14-10-11-15-18(12-14)22-23-19(15)13-6-2-1-3-7-13/h1-12,21H,(H,22,23). The number of aromatic amines is 1. The molecule has 0 aliphatic carbocycles. The minimum absolute atomic E-state index is 0.276. The van der Waals surface area contributed by atoms with Crippen LogP contribution in [0.4, 0.5) is 15.8 Å². The monoisotopic (exact) mass is 303 g/mol. The summed E-state index contributed by atoms with van der Waals surface area (Å²) >= 11 is 0. The van der Waals surface area contributed by atoms with E-state index in [2.05, 4.69) is 15.5 Å². The Labute approximate surface area is 132 Å². The van der Waals surface area contributed by atoms with E-state index in [9.17, 15) is 4.39 Å². The molecule has 4 rings (SSSR count). The molecule has 0 bridgehead atoms. The molecule has 1 aromatic heterocycles. The number of nitrogens with one attached hydrogen (secondary N) is 2. The Bertz CT molecular complexity index is 961. The van der Waals surface area contributed by atoms with Crippen LogP contribution in [-0.2, 0) is 0 Å². The molecule has 0 unspecified atom stereocenters. The fraction of sp³-hybridized carbons (Fsp3) is 0. The van der Waals surface area contributed by atoms with E-state index in [4.69, 9.17) is 0 Å². The molecule has 0 saturated heterocycles. The molecular weight excluding hydrogens is 289 g/mol. The largest absolute Gasteiger partial charge is 0.353 e. The topological polar surface area (TPSA) is 40.7 Å². The summed E-state index contributed by atoms with van der Waals surface area (Å²) in [4.78, 5) is 0. The lowest BCUT2D eigenvalue weighted by Gasteiger charge is -2.07. The molecule has 112 valence electrons. The molecule has 2 N–H and O–H groups in total. The summed E-state index contributed by atoms with van der Waals surface area (Å²) in [7, 11) is 0. The second kappa shape index (κ2) is 5.57. The highest BCUT2D eigenvalue weighted by molar-refractivity contribution is 5.94. The van der Waals surface area contributed by atoms with E-state index in [1.165, 1.54) is 6.07 Å². The van der Waals surface area contributed by atoms with Crippen LogP contribution in [0.25, 0.3) is 22.2 Å². The van der Waals surface area contributed by atoms with Gasteiger partial charge in [-0.15, -0.1) is 0 Å². The van der Waals surface area contributed by atoms with Crippen LogP contribution in [0.3, 0.4) is 0 Å². The highest BCUT2D eigenvalue weighted by Crippen LogP contribution is 2.29. The van der Waals surface area contributed by atoms with Gasteiger partial charge in [0.15, 0.2) is 0 Å². The first kappa shape index (κ1) is 13.5. The zero-order valence-corrected chi connectivity index (χ0v) is 12.3. The zero-order chi connectivity index (χ0) is 15.6. The van der Waals surface area contributed by atoms with Gasteiger partial charge in [-0.05, 0) is 30.3 Å². The Morgan fingerprint density at radius 3 is 2.48 bits per heavy atom. The van der Waals surface area contributed by atoms with Gasteiger partial charge in [-0.25, -0.2) is 4.39 Å². The van der Waals surface area contributed by atoms with Crippen molar-refractivity contribution in [2.75, 3.05) is 5.32 Å². The van der Waals surface area contributed by atoms with Gasteiger partial charge in [-0.2, -0.15) is 5.10 Å². The first-order valence-corrected chi connectivity index (χ1v) is 7.36. The molecule has 0 fully saturated rings. The number of benzene rings is 3. The van der Waals surface area contributed by atoms with E-state index < -0.39 is 0 Å². The molecule has 4 aromatic rings. The third kappa shape index (κ3) is 2.55. The van der Waals surface area contributed by atoms with Crippen molar-refractivity contribution in [3.63, 3.8) is 0 Å². The number of fused-ring (bicyclic) bond motifs is 1. The van der Waals surface area contributed by atoms with Crippen LogP contribution in [0.5, 0.6) is 0 Å². The van der Waals surface area contributed by atoms with Gasteiger partial charge in [-0.3, -0.25) is 5.10 Å². The minimum Gasteiger partial charge on any atom is -0.353 e. The lowest BCUT2D eigenvalue weighted by Crippen LogP contribution is -1.93. The number of rotatable bonds is 3. The Balaban J connectivity index is 1.72. The van der Waals surface area contributed by atoms with E-state index in [0.717, 1.165) is 27.8 Å². The molecule has 0 saturated carbocycles. The lowest BCUT2D eigenvalue weighted by atomic mass is 10.1. The first-order chi connectivity index (χ1) is 11.3. The fourth-order valence-corrected chi connectivity index (χ4v) is 2.63. The number of anilines is 2. The minimum atomic E-state index is -0.276. The number of hydrogen-bond donors (Lipinski definition) is 2. The second-order valence-corrected chi connectivity index (χ2v) is 5.30. The van der Waals surface area contributed by atoms with E-state index in [1.54, 1.807) is 18.2 Å². The summed E-state index contributed by atoms with van der Waals surface area (Å²) in [6.07, 6.45) is 0. The van der Waals surface area contributed by atoms with E-state index in [1.807, 2.05) is 48.5 Å². The van der Waals surface area contributed by atoms with Crippen LogP contribution in [0.15, 0.2) is 72.8 Å². The fourth-order valence-electron chi connectivity index (χ4n) is 2.63. The highest BCUT2D eigenvalue weighted by atomic mass is 19.1. The van der Waals surface area contributed by atoms with Crippen molar-refractivity contribution < 1.29 is 4.39 Å². The summed E-state index contributed by atoms with van der Waals surface area (Å²) in [5.74, 6) is -0.276. The third-order valence-electron chi connectivity index (χ3n) is 3.76. The summed E-state index contributed by atoms with van der Waals surface area (Å²) in [6.45, 7) is 0. The molecule has 0 aliphatic rings. The zero-order valence-electron chi connectivity index (χ0n) is 12.3. The van der Waals surface area contributed by atoms with Crippen LogP contribution < -0.4 is 5.32 Å². The van der Waals surface area contributed by atoms with Crippen molar-refractivity contribution in [3.05, 3.63) is 78.6 Å². The molecule has 0 aliphatic heterocycles. The van der Waals surface area contributed by atoms with Crippen molar-refractivity contribution >= 4 is 22.3 Å². The number of H-pyrrole nitrogens is 1. The van der Waals surface area contributed by atoms with Gasteiger partial charge in [0.25, 0.3) is 0 Å². The molecular formula is C19H14FN3. The SMILES string of the molecule is Fc1ccccc1Nc1ccc2c(-c3ccccc3)n[nH]c2c1. The highest BCUT2D eigenvalue weighted by Gasteiger charge is 2.09. The molecule has 0 radical (unpaired) electrons. The second-order valence-electron chi connectivity index (χ2n) is 5.30. The van der Waals surface area contributed by atoms with E-state index in [-0.39, 0.29) is 5.82 Å². The molecule has 0 atom stereocenters. The van der Waals surface area contributed by atoms with Crippen LogP contribution >= 0.6 is 0 Å². The van der Waals surface area contributed by atoms with Crippen molar-refractivity contribution in [2.45, 2.75) is 0 Å². The van der Waals surface area contributed by atoms with E-state index in [0.29, 0.717) is 5.69 Å². The third-order valence-corrected chi connectivity index (χ3v) is 3.76. The molecule has 23 heavy (non-hydrogen) atoms. The van der Waals surface area contributed by atoms with Gasteiger partial charge in [0, 0.05) is 16.6 Å². The molecule has 1 heterocycles. The summed E-state index contributed by atoms with van der Waals surface area (Å²) in [6, 6.07) is 22.5. The molecule has 3 nitrogen and oxygen atoms in total. The average Bonchev–Trinajstić information content (AvgIpc) is 3.01. The smallest absolute Gasteiger partial charge is 0.146 e. The molecule has 3 aromatic carbocycles. The van der Waals surface area contributed by atoms with Crippen molar-refractivity contribution in [3.8, 4) is 11.3 Å². The number of para-hydroxylation sites is 1. The maximum atomic E-state index is 13.7. The van der Waals surface area contributed by atoms with Crippen LogP contribution in [0, 0.1) is 5.82 Å². The van der Waals surface area contributed by atoms with Gasteiger partial charge in [0.1, 0.15) is 5.82 Å². The summed E-state index contributed by atoms with van der Waals surface area (Å²) in [5.41, 5.74) is 4.15. The predicted octanol–water partition coefficient (Wildman–Crippen LogP) is 5.11. The van der Waals surface area contributed by atoms with Gasteiger partial charge in [0.2, 0.25) is 0 Å². The molecule has 0 amide bonds. The Hall–Kier alpha value is -3.14. The number of aromatic nitrogens is 2. The Kier molecular flexibility index (Phi) is 3.27. The molecule has 4 heteroatoms. The normalized spacial score (nSPS) is 10.8. The van der Waals surface area contributed by atoms with Gasteiger partial charge >= 0.3 is 0 Å².